The molecule has 0 radical (unpaired) electrons. The minimum Gasteiger partial charge on any atom is -0.356 e. The van der Waals surface area contributed by atoms with Crippen LogP contribution < -0.4 is 0 Å². The van der Waals surface area contributed by atoms with Gasteiger partial charge in [-0.1, -0.05) is 60.9 Å². The lowest BCUT2D eigenvalue weighted by atomic mass is 9.85. The van der Waals surface area contributed by atoms with E-state index in [4.69, 9.17) is 0 Å². The van der Waals surface area contributed by atoms with Gasteiger partial charge in [0.15, 0.2) is 0 Å². The number of rotatable bonds is 2. The van der Waals surface area contributed by atoms with E-state index < -0.39 is 6.04 Å². The Labute approximate surface area is 182 Å². The number of para-hydroxylation sites is 1. The Balaban J connectivity index is 1.51. The summed E-state index contributed by atoms with van der Waals surface area (Å²) < 4.78 is 0. The number of nitrogens with one attached hydrogen (secondary N) is 1. The minimum absolute atomic E-state index is 0.0615. The van der Waals surface area contributed by atoms with Crippen molar-refractivity contribution >= 4 is 22.7 Å². The monoisotopic (exact) mass is 413 g/mol. The molecule has 3 heterocycles. The topological polar surface area (TPSA) is 56.4 Å². The first-order chi connectivity index (χ1) is 15.1. The van der Waals surface area contributed by atoms with Gasteiger partial charge in [-0.3, -0.25) is 9.59 Å². The summed E-state index contributed by atoms with van der Waals surface area (Å²) in [6, 6.07) is 16.2. The Morgan fingerprint density at radius 1 is 0.968 bits per heavy atom. The molecule has 3 aromatic rings. The van der Waals surface area contributed by atoms with Crippen molar-refractivity contribution in [1.82, 2.24) is 14.8 Å². The highest BCUT2D eigenvalue weighted by Gasteiger charge is 2.49. The second kappa shape index (κ2) is 6.98. The number of fused-ring (bicyclic) bond motifs is 4. The summed E-state index contributed by atoms with van der Waals surface area (Å²) in [4.78, 5) is 34.6. The van der Waals surface area contributed by atoms with Gasteiger partial charge in [0, 0.05) is 29.1 Å². The molecule has 0 spiro atoms. The number of aryl methyl sites for hydroxylation is 1. The van der Waals surface area contributed by atoms with Crippen molar-refractivity contribution < 1.29 is 9.59 Å². The van der Waals surface area contributed by atoms with Crippen LogP contribution in [0.1, 0.15) is 54.1 Å². The number of carbonyl (C=O) groups is 2. The normalized spacial score (nSPS) is 24.0. The quantitative estimate of drug-likeness (QED) is 0.688. The van der Waals surface area contributed by atoms with Gasteiger partial charge in [0.2, 0.25) is 11.8 Å². The van der Waals surface area contributed by atoms with E-state index in [1.165, 1.54) is 11.1 Å². The molecule has 2 fully saturated rings. The number of aromatic nitrogens is 1. The molecule has 6 rings (SSSR count). The second-order valence-corrected chi connectivity index (χ2v) is 9.30. The van der Waals surface area contributed by atoms with Gasteiger partial charge >= 0.3 is 0 Å². The zero-order valence-corrected chi connectivity index (χ0v) is 17.8. The molecule has 158 valence electrons. The zero-order chi connectivity index (χ0) is 21.1. The van der Waals surface area contributed by atoms with Gasteiger partial charge < -0.3 is 14.8 Å². The maximum absolute atomic E-state index is 13.7. The Morgan fingerprint density at radius 2 is 1.71 bits per heavy atom. The molecule has 0 bridgehead atoms. The summed E-state index contributed by atoms with van der Waals surface area (Å²) in [6.45, 7) is 2.27. The molecule has 2 atom stereocenters. The van der Waals surface area contributed by atoms with Crippen LogP contribution in [0.15, 0.2) is 48.5 Å². The average Bonchev–Trinajstić information content (AvgIpc) is 3.44. The number of amides is 2. The number of hydrogen-bond donors (Lipinski definition) is 1. The first-order valence-electron chi connectivity index (χ1n) is 11.4. The largest absolute Gasteiger partial charge is 0.356 e. The second-order valence-electron chi connectivity index (χ2n) is 9.30. The molecule has 1 aliphatic carbocycles. The molecule has 1 aromatic heterocycles. The van der Waals surface area contributed by atoms with E-state index in [-0.39, 0.29) is 30.4 Å². The van der Waals surface area contributed by atoms with Crippen molar-refractivity contribution in [3.05, 3.63) is 70.9 Å². The Bertz CT molecular complexity index is 1170. The molecule has 3 aliphatic rings. The number of carbonyl (C=O) groups excluding carboxylic acids is 2. The molecule has 2 aromatic carbocycles. The van der Waals surface area contributed by atoms with Crippen molar-refractivity contribution in [2.24, 2.45) is 0 Å². The lowest BCUT2D eigenvalue weighted by molar-refractivity contribution is -0.160. The van der Waals surface area contributed by atoms with Crippen molar-refractivity contribution in [1.29, 1.82) is 0 Å². The highest BCUT2D eigenvalue weighted by atomic mass is 16.2. The smallest absolute Gasteiger partial charge is 0.246 e. The molecule has 5 heteroatoms. The Kier molecular flexibility index (Phi) is 4.20. The fraction of sp³-hybridized carbons (Fsp3) is 0.385. The Morgan fingerprint density at radius 3 is 2.48 bits per heavy atom. The maximum atomic E-state index is 13.7. The predicted octanol–water partition coefficient (Wildman–Crippen LogP) is 4.10. The van der Waals surface area contributed by atoms with Crippen LogP contribution in [0, 0.1) is 6.92 Å². The lowest BCUT2D eigenvalue weighted by Crippen LogP contribution is -2.64. The van der Waals surface area contributed by atoms with Crippen molar-refractivity contribution in [2.75, 3.05) is 6.54 Å². The third-order valence-electron chi connectivity index (χ3n) is 7.45. The van der Waals surface area contributed by atoms with Gasteiger partial charge in [0.1, 0.15) is 12.6 Å². The first-order valence-corrected chi connectivity index (χ1v) is 11.4. The molecule has 31 heavy (non-hydrogen) atoms. The van der Waals surface area contributed by atoms with Gasteiger partial charge in [0.05, 0.1) is 6.04 Å². The molecule has 1 saturated heterocycles. The van der Waals surface area contributed by atoms with E-state index in [0.29, 0.717) is 6.42 Å². The minimum atomic E-state index is -0.431. The van der Waals surface area contributed by atoms with E-state index >= 15 is 0 Å². The van der Waals surface area contributed by atoms with Gasteiger partial charge in [-0.05, 0) is 37.0 Å². The fourth-order valence-corrected chi connectivity index (χ4v) is 5.91. The van der Waals surface area contributed by atoms with Crippen LogP contribution in [0.25, 0.3) is 10.9 Å². The molecule has 2 aliphatic heterocycles. The molecular formula is C26H27N3O2. The lowest BCUT2D eigenvalue weighted by Gasteiger charge is -2.48. The van der Waals surface area contributed by atoms with E-state index in [0.717, 1.165) is 47.8 Å². The number of nitrogens with zero attached hydrogens (tertiary/aromatic N) is 2. The van der Waals surface area contributed by atoms with Gasteiger partial charge in [-0.15, -0.1) is 0 Å². The molecule has 5 nitrogen and oxygen atoms in total. The van der Waals surface area contributed by atoms with Gasteiger partial charge in [-0.25, -0.2) is 0 Å². The molecule has 1 unspecified atom stereocenters. The van der Waals surface area contributed by atoms with Crippen molar-refractivity contribution in [3.8, 4) is 0 Å². The summed E-state index contributed by atoms with van der Waals surface area (Å²) in [5, 5.41) is 1.16. The third-order valence-corrected chi connectivity index (χ3v) is 7.45. The van der Waals surface area contributed by atoms with Crippen LogP contribution in [0.3, 0.4) is 0 Å². The predicted molar refractivity (Wildman–Crippen MR) is 120 cm³/mol. The van der Waals surface area contributed by atoms with Crippen molar-refractivity contribution in [3.63, 3.8) is 0 Å². The summed E-state index contributed by atoms with van der Waals surface area (Å²) in [5.41, 5.74) is 5.53. The van der Waals surface area contributed by atoms with Crippen LogP contribution >= 0.6 is 0 Å². The first kappa shape index (κ1) is 18.7. The highest BCUT2D eigenvalue weighted by molar-refractivity contribution is 5.97. The van der Waals surface area contributed by atoms with Crippen LogP contribution in [-0.2, 0) is 16.0 Å². The third kappa shape index (κ3) is 2.83. The van der Waals surface area contributed by atoms with E-state index in [1.807, 2.05) is 21.9 Å². The number of aromatic amines is 1. The van der Waals surface area contributed by atoms with E-state index in [2.05, 4.69) is 48.3 Å². The van der Waals surface area contributed by atoms with E-state index in [9.17, 15) is 9.59 Å². The number of H-pyrrole nitrogens is 1. The van der Waals surface area contributed by atoms with Crippen LogP contribution in [-0.4, -0.2) is 45.2 Å². The summed E-state index contributed by atoms with van der Waals surface area (Å²) in [6.07, 6.45) is 4.91. The summed E-state index contributed by atoms with van der Waals surface area (Å²) in [5.74, 6) is 0.186. The van der Waals surface area contributed by atoms with E-state index in [1.54, 1.807) is 0 Å². The number of hydrogen-bond acceptors (Lipinski definition) is 2. The van der Waals surface area contributed by atoms with Crippen LogP contribution in [0.5, 0.6) is 0 Å². The SMILES string of the molecule is Cc1ccc(C2c3[nH]c4ccccc4c3C[C@H]3C(=O)N(C4CCCC4)CC(=O)N23)cc1. The molecule has 2 amide bonds. The fourth-order valence-electron chi connectivity index (χ4n) is 5.91. The van der Waals surface area contributed by atoms with Gasteiger partial charge in [-0.2, -0.15) is 0 Å². The average molecular weight is 414 g/mol. The van der Waals surface area contributed by atoms with Crippen LogP contribution in [0.2, 0.25) is 0 Å². The summed E-state index contributed by atoms with van der Waals surface area (Å²) >= 11 is 0. The standard InChI is InChI=1S/C26H27N3O2/c1-16-10-12-17(13-11-16)25-24-20(19-8-4-5-9-21(19)27-24)14-22-26(31)28(15-23(30)29(22)25)18-6-2-3-7-18/h4-5,8-13,18,22,25,27H,2-3,6-7,14-15H2,1H3/t22-,25?/m0/s1. The zero-order valence-electron chi connectivity index (χ0n) is 17.8. The Hall–Kier alpha value is -3.08. The van der Waals surface area contributed by atoms with Crippen LogP contribution in [0.4, 0.5) is 0 Å². The molecule has 1 N–H and O–H groups in total. The highest BCUT2D eigenvalue weighted by Crippen LogP contribution is 2.43. The summed E-state index contributed by atoms with van der Waals surface area (Å²) in [7, 11) is 0. The molecule has 1 saturated carbocycles. The number of piperazine rings is 1. The maximum Gasteiger partial charge on any atom is 0.246 e. The molecular weight excluding hydrogens is 386 g/mol. The van der Waals surface area contributed by atoms with Gasteiger partial charge in [0.25, 0.3) is 0 Å². The van der Waals surface area contributed by atoms with Crippen molar-refractivity contribution in [2.45, 2.75) is 57.2 Å². The number of benzene rings is 2.